The van der Waals surface area contributed by atoms with E-state index in [2.05, 4.69) is 0 Å². The molecule has 18 heavy (non-hydrogen) atoms. The number of alkyl halides is 3. The second kappa shape index (κ2) is 5.39. The zero-order valence-electron chi connectivity index (χ0n) is 10.2. The monoisotopic (exact) mass is 260 g/mol. The molecule has 1 unspecified atom stereocenters. The second-order valence-electron chi connectivity index (χ2n) is 4.19. The van der Waals surface area contributed by atoms with Crippen LogP contribution in [0.25, 0.3) is 0 Å². The van der Waals surface area contributed by atoms with Gasteiger partial charge in [-0.25, -0.2) is 0 Å². The van der Waals surface area contributed by atoms with Gasteiger partial charge < -0.3 is 5.73 Å². The minimum absolute atomic E-state index is 0.230. The first-order chi connectivity index (χ1) is 8.21. The van der Waals surface area contributed by atoms with Crippen LogP contribution in [-0.4, -0.2) is 23.9 Å². The number of likely N-dealkylation sites (N-methyl/N-ethyl adjacent to an activating group) is 1. The SMILES string of the molecule is CC(C(N)=O)N(C)Cc1cccc(C(F)(F)F)c1. The summed E-state index contributed by atoms with van der Waals surface area (Å²) in [7, 11) is 1.63. The zero-order chi connectivity index (χ0) is 13.9. The smallest absolute Gasteiger partial charge is 0.368 e. The van der Waals surface area contributed by atoms with Crippen LogP contribution in [0.5, 0.6) is 0 Å². The molecule has 3 nitrogen and oxygen atoms in total. The Morgan fingerprint density at radius 3 is 2.56 bits per heavy atom. The van der Waals surface area contributed by atoms with Gasteiger partial charge in [-0.15, -0.1) is 0 Å². The topological polar surface area (TPSA) is 46.3 Å². The van der Waals surface area contributed by atoms with E-state index in [0.29, 0.717) is 5.56 Å². The van der Waals surface area contributed by atoms with Gasteiger partial charge in [-0.2, -0.15) is 13.2 Å². The Morgan fingerprint density at radius 2 is 2.06 bits per heavy atom. The molecule has 0 fully saturated rings. The number of hydrogen-bond donors (Lipinski definition) is 1. The fraction of sp³-hybridized carbons (Fsp3) is 0.417. The maximum atomic E-state index is 12.5. The summed E-state index contributed by atoms with van der Waals surface area (Å²) in [6.45, 7) is 1.84. The summed E-state index contributed by atoms with van der Waals surface area (Å²) in [6, 6.07) is 4.49. The van der Waals surface area contributed by atoms with Crippen molar-refractivity contribution in [3.8, 4) is 0 Å². The van der Waals surface area contributed by atoms with Crippen molar-refractivity contribution in [2.75, 3.05) is 7.05 Å². The molecule has 1 rings (SSSR count). The molecule has 0 saturated heterocycles. The number of carbonyl (C=O) groups is 1. The minimum atomic E-state index is -4.36. The summed E-state index contributed by atoms with van der Waals surface area (Å²) in [6.07, 6.45) is -4.36. The lowest BCUT2D eigenvalue weighted by Crippen LogP contribution is -2.39. The van der Waals surface area contributed by atoms with Gasteiger partial charge in [0.25, 0.3) is 0 Å². The quantitative estimate of drug-likeness (QED) is 0.900. The summed E-state index contributed by atoms with van der Waals surface area (Å²) in [4.78, 5) is 12.6. The normalized spacial score (nSPS) is 13.7. The molecular weight excluding hydrogens is 245 g/mol. The molecule has 1 aromatic carbocycles. The summed E-state index contributed by atoms with van der Waals surface area (Å²) >= 11 is 0. The predicted octanol–water partition coefficient (Wildman–Crippen LogP) is 2.01. The zero-order valence-corrected chi connectivity index (χ0v) is 10.2. The molecule has 6 heteroatoms. The number of rotatable bonds is 4. The summed E-state index contributed by atoms with van der Waals surface area (Å²) in [5.41, 5.74) is 4.92. The third-order valence-corrected chi connectivity index (χ3v) is 2.76. The molecule has 1 atom stereocenters. The van der Waals surface area contributed by atoms with Crippen LogP contribution < -0.4 is 5.73 Å². The highest BCUT2D eigenvalue weighted by molar-refractivity contribution is 5.79. The van der Waals surface area contributed by atoms with Crippen LogP contribution in [-0.2, 0) is 17.5 Å². The molecule has 0 aromatic heterocycles. The van der Waals surface area contributed by atoms with Crippen LogP contribution in [0.15, 0.2) is 24.3 Å². The fourth-order valence-corrected chi connectivity index (χ4v) is 1.49. The van der Waals surface area contributed by atoms with Gasteiger partial charge in [-0.3, -0.25) is 9.69 Å². The van der Waals surface area contributed by atoms with E-state index in [0.717, 1.165) is 12.1 Å². The Morgan fingerprint density at radius 1 is 1.44 bits per heavy atom. The van der Waals surface area contributed by atoms with Crippen LogP contribution in [0.2, 0.25) is 0 Å². The third kappa shape index (κ3) is 3.73. The largest absolute Gasteiger partial charge is 0.416 e. The van der Waals surface area contributed by atoms with E-state index in [1.165, 1.54) is 6.07 Å². The number of amides is 1. The summed E-state index contributed by atoms with van der Waals surface area (Å²) in [5, 5.41) is 0. The highest BCUT2D eigenvalue weighted by Gasteiger charge is 2.30. The van der Waals surface area contributed by atoms with Crippen molar-refractivity contribution in [1.29, 1.82) is 0 Å². The van der Waals surface area contributed by atoms with Gasteiger partial charge in [0.15, 0.2) is 0 Å². The molecule has 0 radical (unpaired) electrons. The van der Waals surface area contributed by atoms with E-state index in [-0.39, 0.29) is 6.54 Å². The minimum Gasteiger partial charge on any atom is -0.368 e. The number of nitrogens with two attached hydrogens (primary N) is 1. The van der Waals surface area contributed by atoms with Gasteiger partial charge in [0.1, 0.15) is 0 Å². The number of benzene rings is 1. The van der Waals surface area contributed by atoms with Gasteiger partial charge in [-0.05, 0) is 25.6 Å². The second-order valence-corrected chi connectivity index (χ2v) is 4.19. The van der Waals surface area contributed by atoms with Gasteiger partial charge in [-0.1, -0.05) is 18.2 Å². The number of halogens is 3. The maximum Gasteiger partial charge on any atom is 0.416 e. The van der Waals surface area contributed by atoms with E-state index >= 15 is 0 Å². The Labute approximate surface area is 103 Å². The van der Waals surface area contributed by atoms with Crippen molar-refractivity contribution in [3.63, 3.8) is 0 Å². The Balaban J connectivity index is 2.83. The molecule has 1 aromatic rings. The van der Waals surface area contributed by atoms with Gasteiger partial charge >= 0.3 is 6.18 Å². The van der Waals surface area contributed by atoms with Crippen molar-refractivity contribution < 1.29 is 18.0 Å². The molecule has 1 amide bonds. The molecule has 2 N–H and O–H groups in total. The van der Waals surface area contributed by atoms with E-state index < -0.39 is 23.7 Å². The first-order valence-corrected chi connectivity index (χ1v) is 5.37. The average Bonchev–Trinajstić information content (AvgIpc) is 2.27. The van der Waals surface area contributed by atoms with Crippen LogP contribution in [0.4, 0.5) is 13.2 Å². The van der Waals surface area contributed by atoms with E-state index in [1.54, 1.807) is 24.9 Å². The van der Waals surface area contributed by atoms with Crippen molar-refractivity contribution >= 4 is 5.91 Å². The number of carbonyl (C=O) groups excluding carboxylic acids is 1. The lowest BCUT2D eigenvalue weighted by molar-refractivity contribution is -0.137. The fourth-order valence-electron chi connectivity index (χ4n) is 1.49. The van der Waals surface area contributed by atoms with E-state index in [4.69, 9.17) is 5.73 Å². The number of hydrogen-bond acceptors (Lipinski definition) is 2. The first kappa shape index (κ1) is 14.5. The van der Waals surface area contributed by atoms with Crippen molar-refractivity contribution in [2.24, 2.45) is 5.73 Å². The predicted molar refractivity (Wildman–Crippen MR) is 61.6 cm³/mol. The highest BCUT2D eigenvalue weighted by Crippen LogP contribution is 2.29. The maximum absolute atomic E-state index is 12.5. The van der Waals surface area contributed by atoms with Gasteiger partial charge in [0, 0.05) is 6.54 Å². The molecule has 0 aliphatic carbocycles. The van der Waals surface area contributed by atoms with Crippen molar-refractivity contribution in [2.45, 2.75) is 25.7 Å². The molecule has 0 saturated carbocycles. The van der Waals surface area contributed by atoms with Gasteiger partial charge in [0.2, 0.25) is 5.91 Å². The highest BCUT2D eigenvalue weighted by atomic mass is 19.4. The van der Waals surface area contributed by atoms with Crippen molar-refractivity contribution in [3.05, 3.63) is 35.4 Å². The van der Waals surface area contributed by atoms with Gasteiger partial charge in [0.05, 0.1) is 11.6 Å². The lowest BCUT2D eigenvalue weighted by Gasteiger charge is -2.22. The lowest BCUT2D eigenvalue weighted by atomic mass is 10.1. The standard InChI is InChI=1S/C12H15F3N2O/c1-8(11(16)18)17(2)7-9-4-3-5-10(6-9)12(13,14)15/h3-6,8H,7H2,1-2H3,(H2,16,18). The average molecular weight is 260 g/mol. The van der Waals surface area contributed by atoms with Crippen LogP contribution in [0.3, 0.4) is 0 Å². The first-order valence-electron chi connectivity index (χ1n) is 5.37. The van der Waals surface area contributed by atoms with Crippen LogP contribution >= 0.6 is 0 Å². The molecule has 0 aliphatic heterocycles. The van der Waals surface area contributed by atoms with Crippen molar-refractivity contribution in [1.82, 2.24) is 4.90 Å². The Bertz CT molecular complexity index is 432. The molecule has 100 valence electrons. The van der Waals surface area contributed by atoms with E-state index in [9.17, 15) is 18.0 Å². The molecule has 0 aliphatic rings. The van der Waals surface area contributed by atoms with Crippen LogP contribution in [0, 0.1) is 0 Å². The molecule has 0 spiro atoms. The number of nitrogens with zero attached hydrogens (tertiary/aromatic N) is 1. The molecular formula is C12H15F3N2O. The molecule has 0 bridgehead atoms. The van der Waals surface area contributed by atoms with Crippen LogP contribution in [0.1, 0.15) is 18.1 Å². The Kier molecular flexibility index (Phi) is 4.34. The third-order valence-electron chi connectivity index (χ3n) is 2.76. The summed E-state index contributed by atoms with van der Waals surface area (Å²) in [5.74, 6) is -0.510. The summed E-state index contributed by atoms with van der Waals surface area (Å²) < 4.78 is 37.5. The van der Waals surface area contributed by atoms with E-state index in [1.807, 2.05) is 0 Å². The number of primary amides is 1. The molecule has 0 heterocycles. The Hall–Kier alpha value is -1.56.